The maximum atomic E-state index is 13.2. The minimum atomic E-state index is -1.25. The number of alkyl halides is 1. The number of carbonyl (C=O) groups excluding carboxylic acids is 3. The Balaban J connectivity index is 2.55. The standard InChI is InChI=1S/C10H17FN4O3/c1-14(2)10(18)13-4-8(16)15-5-6(11)3-7(15)9(12)17/h6-7H,3-5H2,1-2H3,(H2,12,17)(H,13,18). The SMILES string of the molecule is CN(C)C(=O)NCC(=O)N1CC(F)CC1C(N)=O. The number of likely N-dealkylation sites (tertiary alicyclic amines) is 1. The van der Waals surface area contributed by atoms with Crippen molar-refractivity contribution < 1.29 is 18.8 Å². The number of halogens is 1. The predicted octanol–water partition coefficient (Wildman–Crippen LogP) is -1.32. The normalized spacial score (nSPS) is 22.7. The fourth-order valence-corrected chi connectivity index (χ4v) is 1.74. The van der Waals surface area contributed by atoms with Gasteiger partial charge in [0, 0.05) is 20.5 Å². The van der Waals surface area contributed by atoms with E-state index in [0.717, 1.165) is 4.90 Å². The number of hydrogen-bond donors (Lipinski definition) is 2. The molecule has 1 saturated heterocycles. The minimum Gasteiger partial charge on any atom is -0.368 e. The van der Waals surface area contributed by atoms with Crippen molar-refractivity contribution in [3.63, 3.8) is 0 Å². The second-order valence-corrected chi connectivity index (χ2v) is 4.35. The number of hydrogen-bond acceptors (Lipinski definition) is 3. The summed E-state index contributed by atoms with van der Waals surface area (Å²) in [6.07, 6.45) is -1.33. The Morgan fingerprint density at radius 3 is 2.56 bits per heavy atom. The summed E-state index contributed by atoms with van der Waals surface area (Å²) in [6.45, 7) is -0.447. The van der Waals surface area contributed by atoms with E-state index in [0.29, 0.717) is 0 Å². The van der Waals surface area contributed by atoms with Crippen LogP contribution in [0.15, 0.2) is 0 Å². The molecular formula is C10H17FN4O3. The van der Waals surface area contributed by atoms with Gasteiger partial charge in [0.1, 0.15) is 12.2 Å². The monoisotopic (exact) mass is 260 g/mol. The molecule has 1 aliphatic heterocycles. The lowest BCUT2D eigenvalue weighted by molar-refractivity contribution is -0.136. The summed E-state index contributed by atoms with van der Waals surface area (Å²) in [5.74, 6) is -1.25. The molecule has 2 atom stereocenters. The Hall–Kier alpha value is -1.86. The lowest BCUT2D eigenvalue weighted by Gasteiger charge is -2.22. The summed E-state index contributed by atoms with van der Waals surface area (Å²) in [5.41, 5.74) is 5.10. The average Bonchev–Trinajstić information content (AvgIpc) is 2.67. The molecule has 4 amide bonds. The third-order valence-corrected chi connectivity index (χ3v) is 2.70. The van der Waals surface area contributed by atoms with Crippen LogP contribution in [0.3, 0.4) is 0 Å². The van der Waals surface area contributed by atoms with Crippen LogP contribution in [0.5, 0.6) is 0 Å². The molecule has 0 aliphatic carbocycles. The van der Waals surface area contributed by atoms with Crippen molar-refractivity contribution in [1.82, 2.24) is 15.1 Å². The molecule has 18 heavy (non-hydrogen) atoms. The van der Waals surface area contributed by atoms with E-state index in [1.54, 1.807) is 0 Å². The van der Waals surface area contributed by atoms with Crippen molar-refractivity contribution in [3.8, 4) is 0 Å². The van der Waals surface area contributed by atoms with Crippen molar-refractivity contribution in [2.24, 2.45) is 5.73 Å². The summed E-state index contributed by atoms with van der Waals surface area (Å²) in [5, 5.41) is 2.35. The highest BCUT2D eigenvalue weighted by Gasteiger charge is 2.38. The Morgan fingerprint density at radius 2 is 2.06 bits per heavy atom. The van der Waals surface area contributed by atoms with Gasteiger partial charge in [-0.2, -0.15) is 0 Å². The van der Waals surface area contributed by atoms with Crippen LogP contribution in [0.1, 0.15) is 6.42 Å². The maximum absolute atomic E-state index is 13.2. The molecule has 0 spiro atoms. The van der Waals surface area contributed by atoms with Crippen LogP contribution in [0, 0.1) is 0 Å². The minimum absolute atomic E-state index is 0.0807. The number of urea groups is 1. The van der Waals surface area contributed by atoms with Crippen LogP contribution in [0.4, 0.5) is 9.18 Å². The molecule has 1 heterocycles. The Labute approximate surface area is 104 Å². The van der Waals surface area contributed by atoms with Crippen molar-refractivity contribution in [2.45, 2.75) is 18.6 Å². The molecule has 0 bridgehead atoms. The lowest BCUT2D eigenvalue weighted by atomic mass is 10.2. The first kappa shape index (κ1) is 14.2. The van der Waals surface area contributed by atoms with Gasteiger partial charge in [-0.1, -0.05) is 0 Å². The summed E-state index contributed by atoms with van der Waals surface area (Å²) in [6, 6.07) is -1.36. The molecular weight excluding hydrogens is 243 g/mol. The quantitative estimate of drug-likeness (QED) is 0.659. The highest BCUT2D eigenvalue weighted by atomic mass is 19.1. The van der Waals surface area contributed by atoms with E-state index in [1.165, 1.54) is 19.0 Å². The molecule has 1 aliphatic rings. The first-order valence-corrected chi connectivity index (χ1v) is 5.51. The van der Waals surface area contributed by atoms with Gasteiger partial charge in [-0.3, -0.25) is 9.59 Å². The number of carbonyl (C=O) groups is 3. The van der Waals surface area contributed by atoms with Crippen LogP contribution in [-0.4, -0.2) is 67.0 Å². The van der Waals surface area contributed by atoms with Gasteiger partial charge in [0.2, 0.25) is 11.8 Å². The topological polar surface area (TPSA) is 95.7 Å². The van der Waals surface area contributed by atoms with E-state index in [2.05, 4.69) is 5.32 Å². The van der Waals surface area contributed by atoms with E-state index in [1.807, 2.05) is 0 Å². The highest BCUT2D eigenvalue weighted by Crippen LogP contribution is 2.19. The molecule has 0 aromatic rings. The summed E-state index contributed by atoms with van der Waals surface area (Å²) >= 11 is 0. The largest absolute Gasteiger partial charge is 0.368 e. The molecule has 1 rings (SSSR count). The zero-order valence-electron chi connectivity index (χ0n) is 10.4. The molecule has 102 valence electrons. The molecule has 0 saturated carbocycles. The predicted molar refractivity (Wildman–Crippen MR) is 61.3 cm³/mol. The molecule has 3 N–H and O–H groups in total. The molecule has 1 fully saturated rings. The number of nitrogens with two attached hydrogens (primary N) is 1. The first-order valence-electron chi connectivity index (χ1n) is 5.51. The van der Waals surface area contributed by atoms with E-state index < -0.39 is 30.1 Å². The Morgan fingerprint density at radius 1 is 1.44 bits per heavy atom. The van der Waals surface area contributed by atoms with Crippen LogP contribution in [0.2, 0.25) is 0 Å². The van der Waals surface area contributed by atoms with Crippen molar-refractivity contribution in [2.75, 3.05) is 27.2 Å². The van der Waals surface area contributed by atoms with E-state index >= 15 is 0 Å². The Bertz CT molecular complexity index is 361. The lowest BCUT2D eigenvalue weighted by Crippen LogP contribution is -2.48. The second-order valence-electron chi connectivity index (χ2n) is 4.35. The third kappa shape index (κ3) is 3.31. The van der Waals surface area contributed by atoms with Crippen molar-refractivity contribution in [3.05, 3.63) is 0 Å². The molecule has 8 heteroatoms. The van der Waals surface area contributed by atoms with Gasteiger partial charge in [0.05, 0.1) is 13.1 Å². The fourth-order valence-electron chi connectivity index (χ4n) is 1.74. The van der Waals surface area contributed by atoms with Gasteiger partial charge in [-0.15, -0.1) is 0 Å². The molecule has 7 nitrogen and oxygen atoms in total. The maximum Gasteiger partial charge on any atom is 0.317 e. The van der Waals surface area contributed by atoms with Gasteiger partial charge >= 0.3 is 6.03 Å². The third-order valence-electron chi connectivity index (χ3n) is 2.70. The molecule has 2 unspecified atom stereocenters. The van der Waals surface area contributed by atoms with Crippen molar-refractivity contribution >= 4 is 17.8 Å². The van der Waals surface area contributed by atoms with Gasteiger partial charge in [0.15, 0.2) is 0 Å². The molecule has 0 aromatic carbocycles. The number of nitrogens with one attached hydrogen (secondary N) is 1. The van der Waals surface area contributed by atoms with Gasteiger partial charge in [-0.25, -0.2) is 9.18 Å². The zero-order chi connectivity index (χ0) is 13.9. The summed E-state index contributed by atoms with van der Waals surface area (Å²) < 4.78 is 13.2. The fraction of sp³-hybridized carbons (Fsp3) is 0.700. The van der Waals surface area contributed by atoms with Crippen LogP contribution >= 0.6 is 0 Å². The first-order chi connectivity index (χ1) is 8.32. The van der Waals surface area contributed by atoms with E-state index in [9.17, 15) is 18.8 Å². The van der Waals surface area contributed by atoms with Crippen molar-refractivity contribution in [1.29, 1.82) is 0 Å². The summed E-state index contributed by atoms with van der Waals surface area (Å²) in [4.78, 5) is 36.4. The van der Waals surface area contributed by atoms with E-state index in [4.69, 9.17) is 5.73 Å². The zero-order valence-corrected chi connectivity index (χ0v) is 10.4. The van der Waals surface area contributed by atoms with Gasteiger partial charge in [0.25, 0.3) is 0 Å². The van der Waals surface area contributed by atoms with E-state index in [-0.39, 0.29) is 19.5 Å². The highest BCUT2D eigenvalue weighted by molar-refractivity contribution is 5.89. The molecule has 0 aromatic heterocycles. The van der Waals surface area contributed by atoms with Crippen LogP contribution < -0.4 is 11.1 Å². The number of amides is 4. The second kappa shape index (κ2) is 5.65. The molecule has 0 radical (unpaired) electrons. The van der Waals surface area contributed by atoms with Gasteiger partial charge in [-0.05, 0) is 0 Å². The smallest absolute Gasteiger partial charge is 0.317 e. The Kier molecular flexibility index (Phi) is 4.46. The number of primary amides is 1. The van der Waals surface area contributed by atoms with Crippen LogP contribution in [-0.2, 0) is 9.59 Å². The summed E-state index contributed by atoms with van der Waals surface area (Å²) in [7, 11) is 3.05. The average molecular weight is 260 g/mol. The van der Waals surface area contributed by atoms with Gasteiger partial charge < -0.3 is 20.9 Å². The number of rotatable bonds is 3. The van der Waals surface area contributed by atoms with Crippen LogP contribution in [0.25, 0.3) is 0 Å². The number of nitrogens with zero attached hydrogens (tertiary/aromatic N) is 2.